The second kappa shape index (κ2) is 15.5. The fourth-order valence-electron chi connectivity index (χ4n) is 0.865. The molecule has 5 heteroatoms. The molecular formula is C12H20O4Sn. The Morgan fingerprint density at radius 1 is 0.941 bits per heavy atom. The van der Waals surface area contributed by atoms with Crippen LogP contribution in [0.1, 0.15) is 39.5 Å². The standard InChI is InChI=1S/C4H4O4.2C4H9.Sn/c5-3(6)1-2-4(7)8;2*1-3-4-2;/h1-2H,(H,5,6)(H,7,8);2*1,3-4H2,2H3;/q;;;+2/p-2. The second-order valence-corrected chi connectivity index (χ2v) is 7.71. The fourth-order valence-corrected chi connectivity index (χ4v) is 5.02. The van der Waals surface area contributed by atoms with Crippen molar-refractivity contribution < 1.29 is 19.8 Å². The van der Waals surface area contributed by atoms with Gasteiger partial charge in [0.25, 0.3) is 0 Å². The van der Waals surface area contributed by atoms with Gasteiger partial charge >= 0.3 is 69.5 Å². The van der Waals surface area contributed by atoms with Crippen LogP contribution in [0.15, 0.2) is 12.2 Å². The van der Waals surface area contributed by atoms with Gasteiger partial charge in [0, 0.05) is 0 Å². The van der Waals surface area contributed by atoms with E-state index < -0.39 is 11.9 Å². The Labute approximate surface area is 113 Å². The molecule has 96 valence electrons. The summed E-state index contributed by atoms with van der Waals surface area (Å²) in [5.41, 5.74) is 0. The Kier molecular flexibility index (Phi) is 17.1. The summed E-state index contributed by atoms with van der Waals surface area (Å²) >= 11 is 0.149. The molecule has 0 aliphatic carbocycles. The zero-order valence-electron chi connectivity index (χ0n) is 10.5. The summed E-state index contributed by atoms with van der Waals surface area (Å²) in [5.74, 6) is -3.09. The third-order valence-electron chi connectivity index (χ3n) is 1.77. The first-order valence-electron chi connectivity index (χ1n) is 5.85. The Morgan fingerprint density at radius 3 is 1.53 bits per heavy atom. The molecule has 0 saturated carbocycles. The van der Waals surface area contributed by atoms with Crippen molar-refractivity contribution in [2.75, 3.05) is 0 Å². The van der Waals surface area contributed by atoms with Crippen LogP contribution < -0.4 is 10.2 Å². The van der Waals surface area contributed by atoms with Gasteiger partial charge in [-0.15, -0.1) is 0 Å². The largest absolute Gasteiger partial charge is 0.545 e. The molecule has 0 aliphatic rings. The number of aliphatic carboxylic acids is 2. The van der Waals surface area contributed by atoms with E-state index in [-0.39, 0.29) is 21.1 Å². The maximum absolute atomic E-state index is 9.41. The quantitative estimate of drug-likeness (QED) is 0.356. The van der Waals surface area contributed by atoms with Crippen LogP contribution in [0.3, 0.4) is 0 Å². The summed E-state index contributed by atoms with van der Waals surface area (Å²) in [4.78, 5) is 18.8. The zero-order chi connectivity index (χ0) is 13.5. The number of carboxylic acid groups (broad SMARTS) is 2. The third-order valence-corrected chi connectivity index (χ3v) is 5.81. The summed E-state index contributed by atoms with van der Waals surface area (Å²) in [7, 11) is 0. The van der Waals surface area contributed by atoms with Crippen molar-refractivity contribution in [3.63, 3.8) is 0 Å². The Morgan fingerprint density at radius 2 is 1.29 bits per heavy atom. The molecule has 0 N–H and O–H groups in total. The van der Waals surface area contributed by atoms with Gasteiger partial charge in [-0.3, -0.25) is 0 Å². The number of carbonyl (C=O) groups is 2. The predicted octanol–water partition coefficient (Wildman–Crippen LogP) is 0.170. The van der Waals surface area contributed by atoms with E-state index in [1.165, 1.54) is 25.7 Å². The first kappa shape index (κ1) is 18.8. The Hall–Kier alpha value is -0.521. The molecule has 0 rings (SSSR count). The van der Waals surface area contributed by atoms with Gasteiger partial charge in [-0.2, -0.15) is 0 Å². The van der Waals surface area contributed by atoms with Gasteiger partial charge in [-0.05, 0) is 12.2 Å². The van der Waals surface area contributed by atoms with E-state index in [2.05, 4.69) is 13.8 Å². The number of hydrogen-bond donors (Lipinski definition) is 0. The molecule has 0 aromatic heterocycles. The van der Waals surface area contributed by atoms with Crippen LogP contribution in [0.2, 0.25) is 8.87 Å². The maximum atomic E-state index is 9.41. The topological polar surface area (TPSA) is 80.3 Å². The molecule has 17 heavy (non-hydrogen) atoms. The summed E-state index contributed by atoms with van der Waals surface area (Å²) < 4.78 is 3.25. The molecule has 0 radical (unpaired) electrons. The smallest absolute Gasteiger partial charge is 0.0643 e. The normalized spacial score (nSPS) is 9.29. The minimum atomic E-state index is -1.55. The first-order valence-corrected chi connectivity index (χ1v) is 9.88. The predicted molar refractivity (Wildman–Crippen MR) is 64.3 cm³/mol. The molecule has 0 fully saturated rings. The molecule has 0 saturated heterocycles. The van der Waals surface area contributed by atoms with E-state index in [4.69, 9.17) is 0 Å². The average molecular weight is 347 g/mol. The van der Waals surface area contributed by atoms with Gasteiger partial charge in [0.15, 0.2) is 0 Å². The van der Waals surface area contributed by atoms with Crippen LogP contribution in [-0.2, 0) is 9.59 Å². The molecular weight excluding hydrogens is 327 g/mol. The van der Waals surface area contributed by atoms with Crippen LogP contribution in [0, 0.1) is 0 Å². The first-order chi connectivity index (χ1) is 8.04. The van der Waals surface area contributed by atoms with E-state index in [1.807, 2.05) is 0 Å². The van der Waals surface area contributed by atoms with E-state index in [0.29, 0.717) is 12.2 Å². The van der Waals surface area contributed by atoms with Crippen molar-refractivity contribution in [1.82, 2.24) is 0 Å². The molecule has 0 aromatic rings. The van der Waals surface area contributed by atoms with Crippen LogP contribution in [0.4, 0.5) is 0 Å². The SMILES string of the molecule is CCC[CH2][Sn+2][CH2]CCC.O=C([O-])C=CC(=O)[O-]. The van der Waals surface area contributed by atoms with Gasteiger partial charge in [-0.1, -0.05) is 0 Å². The number of carbonyl (C=O) groups excluding carboxylic acids is 2. The molecule has 0 heterocycles. The fraction of sp³-hybridized carbons (Fsp3) is 0.667. The van der Waals surface area contributed by atoms with E-state index >= 15 is 0 Å². The maximum Gasteiger partial charge on any atom is 0.0643 e. The van der Waals surface area contributed by atoms with Crippen molar-refractivity contribution >= 4 is 33.1 Å². The van der Waals surface area contributed by atoms with Crippen molar-refractivity contribution in [2.45, 2.75) is 48.4 Å². The van der Waals surface area contributed by atoms with E-state index in [9.17, 15) is 19.8 Å². The molecule has 0 bridgehead atoms. The van der Waals surface area contributed by atoms with E-state index in [1.54, 1.807) is 8.87 Å². The van der Waals surface area contributed by atoms with Crippen LogP contribution in [0.5, 0.6) is 0 Å². The summed E-state index contributed by atoms with van der Waals surface area (Å²) in [5, 5.41) is 18.8. The van der Waals surface area contributed by atoms with Crippen LogP contribution in [-0.4, -0.2) is 33.1 Å². The molecule has 0 spiro atoms. The number of unbranched alkanes of at least 4 members (excludes halogenated alkanes) is 2. The van der Waals surface area contributed by atoms with Gasteiger partial charge < -0.3 is 19.8 Å². The molecule has 0 atom stereocenters. The van der Waals surface area contributed by atoms with Crippen molar-refractivity contribution in [3.05, 3.63) is 12.2 Å². The summed E-state index contributed by atoms with van der Waals surface area (Å²) in [6, 6.07) is 0. The minimum absolute atomic E-state index is 0.149. The number of rotatable bonds is 8. The molecule has 0 aliphatic heterocycles. The molecule has 4 nitrogen and oxygen atoms in total. The van der Waals surface area contributed by atoms with E-state index in [0.717, 1.165) is 0 Å². The molecule has 0 unspecified atom stereocenters. The molecule has 0 amide bonds. The van der Waals surface area contributed by atoms with Gasteiger partial charge in [0.2, 0.25) is 0 Å². The Bertz CT molecular complexity index is 205. The third kappa shape index (κ3) is 25.6. The van der Waals surface area contributed by atoms with Crippen molar-refractivity contribution in [3.8, 4) is 0 Å². The number of hydrogen-bond acceptors (Lipinski definition) is 4. The minimum Gasteiger partial charge on any atom is -0.545 e. The van der Waals surface area contributed by atoms with Crippen molar-refractivity contribution in [1.29, 1.82) is 0 Å². The summed E-state index contributed by atoms with van der Waals surface area (Å²) in [6.45, 7) is 4.58. The number of carboxylic acids is 2. The van der Waals surface area contributed by atoms with Gasteiger partial charge in [0.1, 0.15) is 0 Å². The van der Waals surface area contributed by atoms with Gasteiger partial charge in [0.05, 0.1) is 11.9 Å². The van der Waals surface area contributed by atoms with Gasteiger partial charge in [-0.25, -0.2) is 0 Å². The zero-order valence-corrected chi connectivity index (χ0v) is 13.4. The second-order valence-electron chi connectivity index (χ2n) is 3.43. The van der Waals surface area contributed by atoms with Crippen LogP contribution >= 0.6 is 0 Å². The van der Waals surface area contributed by atoms with Crippen molar-refractivity contribution in [2.24, 2.45) is 0 Å². The molecule has 0 aromatic carbocycles. The van der Waals surface area contributed by atoms with Crippen LogP contribution in [0.25, 0.3) is 0 Å². The monoisotopic (exact) mass is 348 g/mol. The summed E-state index contributed by atoms with van der Waals surface area (Å²) in [6.07, 6.45) is 6.61. The Balaban J connectivity index is 0. The average Bonchev–Trinajstić information content (AvgIpc) is 2.27.